The summed E-state index contributed by atoms with van der Waals surface area (Å²) < 4.78 is 39.3. The first-order chi connectivity index (χ1) is 12.4. The van der Waals surface area contributed by atoms with Crippen LogP contribution in [-0.2, 0) is 12.6 Å². The van der Waals surface area contributed by atoms with E-state index in [0.29, 0.717) is 24.6 Å². The molecule has 1 fully saturated rings. The number of rotatable bonds is 3. The Morgan fingerprint density at radius 1 is 1.19 bits per heavy atom. The fourth-order valence-corrected chi connectivity index (χ4v) is 3.46. The Bertz CT molecular complexity index is 802. The van der Waals surface area contributed by atoms with E-state index in [1.54, 1.807) is 0 Å². The number of benzene rings is 1. The predicted molar refractivity (Wildman–Crippen MR) is 93.8 cm³/mol. The third kappa shape index (κ3) is 3.98. The Labute approximate surface area is 151 Å². The van der Waals surface area contributed by atoms with Crippen molar-refractivity contribution in [2.45, 2.75) is 32.4 Å². The van der Waals surface area contributed by atoms with Crippen LogP contribution in [0.25, 0.3) is 0 Å². The van der Waals surface area contributed by atoms with E-state index in [1.165, 1.54) is 12.5 Å². The van der Waals surface area contributed by atoms with E-state index in [0.717, 1.165) is 25.3 Å². The molecule has 2 heterocycles. The Morgan fingerprint density at radius 2 is 1.85 bits per heavy atom. The molecule has 3 nitrogen and oxygen atoms in total. The monoisotopic (exact) mass is 359 g/mol. The van der Waals surface area contributed by atoms with Gasteiger partial charge in [-0.3, -0.25) is 0 Å². The third-order valence-electron chi connectivity index (χ3n) is 4.88. The number of pyridine rings is 1. The molecule has 2 aromatic rings. The first kappa shape index (κ1) is 18.2. The molecule has 0 radical (unpaired) electrons. The molecule has 1 aliphatic rings. The number of nitrogens with zero attached hydrogens (tertiary/aromatic N) is 3. The van der Waals surface area contributed by atoms with Crippen LogP contribution in [0, 0.1) is 24.2 Å². The molecule has 0 unspecified atom stereocenters. The number of piperidine rings is 1. The Kier molecular flexibility index (Phi) is 5.17. The van der Waals surface area contributed by atoms with Gasteiger partial charge in [-0.05, 0) is 49.3 Å². The van der Waals surface area contributed by atoms with Gasteiger partial charge in [0.1, 0.15) is 17.6 Å². The molecule has 0 saturated carbocycles. The summed E-state index contributed by atoms with van der Waals surface area (Å²) in [4.78, 5) is 5.61. The van der Waals surface area contributed by atoms with Crippen molar-refractivity contribution in [1.82, 2.24) is 4.98 Å². The summed E-state index contributed by atoms with van der Waals surface area (Å²) >= 11 is 0. The molecule has 6 heteroatoms. The summed E-state index contributed by atoms with van der Waals surface area (Å²) in [6.07, 6.45) is -1.80. The van der Waals surface area contributed by atoms with Gasteiger partial charge in [-0.15, -0.1) is 0 Å². The Balaban J connectivity index is 1.76. The van der Waals surface area contributed by atoms with E-state index in [-0.39, 0.29) is 11.4 Å². The van der Waals surface area contributed by atoms with Crippen molar-refractivity contribution in [3.05, 3.63) is 58.8 Å². The summed E-state index contributed by atoms with van der Waals surface area (Å²) in [7, 11) is 0. The maximum absolute atomic E-state index is 13.1. The van der Waals surface area contributed by atoms with Crippen LogP contribution in [0.4, 0.5) is 19.0 Å². The number of nitriles is 1. The van der Waals surface area contributed by atoms with E-state index in [1.807, 2.05) is 29.2 Å². The van der Waals surface area contributed by atoms with Gasteiger partial charge in [0.2, 0.25) is 0 Å². The number of aromatic nitrogens is 1. The van der Waals surface area contributed by atoms with Gasteiger partial charge >= 0.3 is 6.18 Å². The first-order valence-corrected chi connectivity index (χ1v) is 8.66. The molecule has 0 amide bonds. The van der Waals surface area contributed by atoms with Crippen LogP contribution in [0.1, 0.15) is 35.2 Å². The van der Waals surface area contributed by atoms with Crippen LogP contribution in [0.3, 0.4) is 0 Å². The lowest BCUT2D eigenvalue weighted by molar-refractivity contribution is -0.141. The van der Waals surface area contributed by atoms with Crippen molar-refractivity contribution in [3.8, 4) is 6.07 Å². The Morgan fingerprint density at radius 3 is 2.42 bits per heavy atom. The lowest BCUT2D eigenvalue weighted by atomic mass is 9.90. The molecule has 1 aromatic carbocycles. The van der Waals surface area contributed by atoms with E-state index in [2.05, 4.69) is 17.1 Å². The average molecular weight is 359 g/mol. The number of anilines is 1. The molecule has 26 heavy (non-hydrogen) atoms. The highest BCUT2D eigenvalue weighted by Crippen LogP contribution is 2.34. The molecule has 0 atom stereocenters. The highest BCUT2D eigenvalue weighted by molar-refractivity contribution is 5.58. The van der Waals surface area contributed by atoms with Gasteiger partial charge in [0.05, 0.1) is 5.56 Å². The van der Waals surface area contributed by atoms with Crippen LogP contribution in [0.15, 0.2) is 36.4 Å². The number of hydrogen-bond acceptors (Lipinski definition) is 3. The molecule has 0 spiro atoms. The lowest BCUT2D eigenvalue weighted by Crippen LogP contribution is -2.36. The van der Waals surface area contributed by atoms with Gasteiger partial charge in [-0.2, -0.15) is 18.4 Å². The number of halogens is 3. The second-order valence-electron chi connectivity index (χ2n) is 6.75. The van der Waals surface area contributed by atoms with Gasteiger partial charge in [-0.25, -0.2) is 4.98 Å². The molecule has 3 rings (SSSR count). The number of alkyl halides is 3. The van der Waals surface area contributed by atoms with Crippen molar-refractivity contribution in [1.29, 1.82) is 5.26 Å². The van der Waals surface area contributed by atoms with Gasteiger partial charge in [0.15, 0.2) is 0 Å². The molecule has 0 aliphatic carbocycles. The molecular weight excluding hydrogens is 339 g/mol. The zero-order valence-electron chi connectivity index (χ0n) is 14.6. The smallest absolute Gasteiger partial charge is 0.355 e. The van der Waals surface area contributed by atoms with Gasteiger partial charge < -0.3 is 4.90 Å². The normalized spacial score (nSPS) is 15.7. The Hall–Kier alpha value is -2.55. The topological polar surface area (TPSA) is 39.9 Å². The van der Waals surface area contributed by atoms with Crippen LogP contribution in [-0.4, -0.2) is 18.1 Å². The summed E-state index contributed by atoms with van der Waals surface area (Å²) in [5, 5.41) is 9.37. The zero-order chi connectivity index (χ0) is 18.7. The van der Waals surface area contributed by atoms with Crippen LogP contribution < -0.4 is 4.90 Å². The highest BCUT2D eigenvalue weighted by Gasteiger charge is 2.35. The summed E-state index contributed by atoms with van der Waals surface area (Å²) in [5.74, 6) is 0.657. The lowest BCUT2D eigenvalue weighted by Gasteiger charge is -2.34. The second-order valence-corrected chi connectivity index (χ2v) is 6.75. The van der Waals surface area contributed by atoms with Crippen molar-refractivity contribution in [2.75, 3.05) is 18.0 Å². The minimum atomic E-state index is -4.51. The third-order valence-corrected chi connectivity index (χ3v) is 4.88. The molecule has 0 N–H and O–H groups in total. The predicted octanol–water partition coefficient (Wildman–Crippen LogP) is 4.74. The average Bonchev–Trinajstić information content (AvgIpc) is 2.62. The van der Waals surface area contributed by atoms with Crippen molar-refractivity contribution >= 4 is 5.82 Å². The minimum Gasteiger partial charge on any atom is -0.355 e. The largest absolute Gasteiger partial charge is 0.433 e. The molecule has 0 bridgehead atoms. The highest BCUT2D eigenvalue weighted by atomic mass is 19.4. The fraction of sp³-hybridized carbons (Fsp3) is 0.400. The van der Waals surface area contributed by atoms with Crippen molar-refractivity contribution in [2.24, 2.45) is 5.92 Å². The quantitative estimate of drug-likeness (QED) is 0.795. The maximum Gasteiger partial charge on any atom is 0.433 e. The summed E-state index contributed by atoms with van der Waals surface area (Å²) in [6, 6.07) is 13.2. The van der Waals surface area contributed by atoms with Crippen LogP contribution in [0.5, 0.6) is 0 Å². The van der Waals surface area contributed by atoms with E-state index in [4.69, 9.17) is 0 Å². The molecule has 1 aromatic heterocycles. The second kappa shape index (κ2) is 7.36. The first-order valence-electron chi connectivity index (χ1n) is 8.66. The van der Waals surface area contributed by atoms with E-state index < -0.39 is 11.9 Å². The van der Waals surface area contributed by atoms with Gasteiger partial charge in [0, 0.05) is 13.1 Å². The number of hydrogen-bond donors (Lipinski definition) is 0. The van der Waals surface area contributed by atoms with Gasteiger partial charge in [0.25, 0.3) is 0 Å². The van der Waals surface area contributed by atoms with Crippen molar-refractivity contribution < 1.29 is 13.2 Å². The molecule has 1 saturated heterocycles. The molecular formula is C20H20F3N3. The van der Waals surface area contributed by atoms with Crippen LogP contribution >= 0.6 is 0 Å². The van der Waals surface area contributed by atoms with Crippen molar-refractivity contribution in [3.63, 3.8) is 0 Å². The van der Waals surface area contributed by atoms with E-state index in [9.17, 15) is 18.4 Å². The summed E-state index contributed by atoms with van der Waals surface area (Å²) in [5.41, 5.74) is 0.892. The SMILES string of the molecule is Cc1cc(C(F)(F)F)nc(N2CCC(Cc3ccccc3)CC2)c1C#N. The number of aryl methyl sites for hydroxylation is 1. The minimum absolute atomic E-state index is 0.165. The van der Waals surface area contributed by atoms with Gasteiger partial charge in [-0.1, -0.05) is 30.3 Å². The summed E-state index contributed by atoms with van der Waals surface area (Å²) in [6.45, 7) is 2.75. The molecule has 136 valence electrons. The molecule has 1 aliphatic heterocycles. The fourth-order valence-electron chi connectivity index (χ4n) is 3.46. The zero-order valence-corrected chi connectivity index (χ0v) is 14.6. The maximum atomic E-state index is 13.1. The standard InChI is InChI=1S/C20H20F3N3/c1-14-11-18(20(21,22)23)25-19(17(14)13-24)26-9-7-16(8-10-26)12-15-5-3-2-4-6-15/h2-6,11,16H,7-10,12H2,1H3. The van der Waals surface area contributed by atoms with Crippen LogP contribution in [0.2, 0.25) is 0 Å². The van der Waals surface area contributed by atoms with E-state index >= 15 is 0 Å².